The molecule has 0 aliphatic carbocycles. The van der Waals surface area contributed by atoms with Crippen molar-refractivity contribution in [2.45, 2.75) is 38.3 Å². The number of carbonyl (C=O) groups excluding carboxylic acids is 3. The van der Waals surface area contributed by atoms with Gasteiger partial charge in [-0.15, -0.1) is 0 Å². The van der Waals surface area contributed by atoms with E-state index in [0.29, 0.717) is 39.1 Å². The van der Waals surface area contributed by atoms with Crippen molar-refractivity contribution in [3.63, 3.8) is 0 Å². The minimum atomic E-state index is -1.68. The summed E-state index contributed by atoms with van der Waals surface area (Å²) in [6, 6.07) is 5.95. The van der Waals surface area contributed by atoms with Gasteiger partial charge in [0.2, 0.25) is 5.66 Å². The first-order chi connectivity index (χ1) is 14.0. The Balaban J connectivity index is 1.79. The topological polar surface area (TPSA) is 84.9 Å². The highest BCUT2D eigenvalue weighted by Gasteiger charge is 2.58. The molecule has 158 valence electrons. The fraction of sp³-hybridized carbons (Fsp3) is 0.571. The fourth-order valence-electron chi connectivity index (χ4n) is 3.83. The zero-order valence-electron chi connectivity index (χ0n) is 16.6. The number of hydrogen-bond acceptors (Lipinski definition) is 7. The lowest BCUT2D eigenvalue weighted by molar-refractivity contribution is -0.174. The van der Waals surface area contributed by atoms with E-state index >= 15 is 0 Å². The number of unbranched alkanes of at least 4 members (excludes halogenated alkanes) is 1. The molecule has 0 saturated carbocycles. The summed E-state index contributed by atoms with van der Waals surface area (Å²) in [7, 11) is 0. The van der Waals surface area contributed by atoms with E-state index < -0.39 is 23.5 Å². The average Bonchev–Trinajstić information content (AvgIpc) is 3.06. The highest BCUT2D eigenvalue weighted by atomic mass is 19.1. The summed E-state index contributed by atoms with van der Waals surface area (Å²) in [4.78, 5) is 40.2. The van der Waals surface area contributed by atoms with Crippen molar-refractivity contribution in [3.8, 4) is 0 Å². The lowest BCUT2D eigenvalue weighted by Crippen LogP contribution is -2.68. The van der Waals surface area contributed by atoms with Crippen LogP contribution in [0.3, 0.4) is 0 Å². The number of morpholine rings is 1. The summed E-state index contributed by atoms with van der Waals surface area (Å²) < 4.78 is 23.6. The van der Waals surface area contributed by atoms with E-state index in [4.69, 9.17) is 9.47 Å². The molecule has 8 heteroatoms. The number of esters is 2. The molecule has 1 N–H and O–H groups in total. The van der Waals surface area contributed by atoms with Crippen LogP contribution in [0.25, 0.3) is 0 Å². The fourth-order valence-corrected chi connectivity index (χ4v) is 3.83. The summed E-state index contributed by atoms with van der Waals surface area (Å²) >= 11 is 0. The molecule has 0 aromatic heterocycles. The molecule has 0 bridgehead atoms. The lowest BCUT2D eigenvalue weighted by atomic mass is 9.91. The number of hydrogen-bond donors (Lipinski definition) is 1. The Morgan fingerprint density at radius 3 is 2.62 bits per heavy atom. The molecule has 2 heterocycles. The molecule has 1 aromatic rings. The summed E-state index contributed by atoms with van der Waals surface area (Å²) in [6.07, 6.45) is 1.92. The van der Waals surface area contributed by atoms with E-state index in [1.54, 1.807) is 17.0 Å². The molecule has 0 radical (unpaired) electrons. The van der Waals surface area contributed by atoms with Gasteiger partial charge in [0.25, 0.3) is 0 Å². The van der Waals surface area contributed by atoms with Gasteiger partial charge in [-0.25, -0.2) is 9.18 Å². The second-order valence-corrected chi connectivity index (χ2v) is 7.45. The second kappa shape index (κ2) is 9.56. The number of benzene rings is 1. The van der Waals surface area contributed by atoms with Gasteiger partial charge in [0.15, 0.2) is 5.78 Å². The Morgan fingerprint density at radius 1 is 1.28 bits per heavy atom. The van der Waals surface area contributed by atoms with Gasteiger partial charge in [-0.3, -0.25) is 19.8 Å². The monoisotopic (exact) mass is 406 g/mol. The number of halogens is 1. The van der Waals surface area contributed by atoms with E-state index in [9.17, 15) is 18.8 Å². The van der Waals surface area contributed by atoms with Gasteiger partial charge in [-0.2, -0.15) is 0 Å². The van der Waals surface area contributed by atoms with Crippen LogP contribution < -0.4 is 5.32 Å². The number of ether oxygens (including phenoxy) is 2. The van der Waals surface area contributed by atoms with E-state index in [-0.39, 0.29) is 24.6 Å². The van der Waals surface area contributed by atoms with E-state index in [1.165, 1.54) is 12.1 Å². The number of rotatable bonds is 7. The molecule has 1 aromatic carbocycles. The SMILES string of the molecule is CCCCC(=O)OC(=O)[C@]1(N2CCOCC2)NCC(Cc2ccc(F)cc2)C1=O. The van der Waals surface area contributed by atoms with E-state index in [0.717, 1.165) is 12.0 Å². The highest BCUT2D eigenvalue weighted by Crippen LogP contribution is 2.29. The van der Waals surface area contributed by atoms with Gasteiger partial charge in [-0.05, 0) is 30.5 Å². The van der Waals surface area contributed by atoms with Crippen molar-refractivity contribution >= 4 is 17.7 Å². The van der Waals surface area contributed by atoms with Gasteiger partial charge in [-0.1, -0.05) is 25.5 Å². The molecule has 2 fully saturated rings. The zero-order valence-corrected chi connectivity index (χ0v) is 16.6. The van der Waals surface area contributed by atoms with E-state index in [1.807, 2.05) is 6.92 Å². The Labute approximate surface area is 169 Å². The second-order valence-electron chi connectivity index (χ2n) is 7.45. The van der Waals surface area contributed by atoms with Crippen LogP contribution in [0, 0.1) is 11.7 Å². The van der Waals surface area contributed by atoms with Crippen LogP contribution in [-0.2, 0) is 30.3 Å². The Hall–Kier alpha value is -2.16. The minimum Gasteiger partial charge on any atom is -0.390 e. The summed E-state index contributed by atoms with van der Waals surface area (Å²) in [5.74, 6) is -2.65. The van der Waals surface area contributed by atoms with Gasteiger partial charge >= 0.3 is 11.9 Å². The first kappa shape index (κ1) is 21.5. The number of nitrogens with zero attached hydrogens (tertiary/aromatic N) is 1. The Bertz CT molecular complexity index is 748. The van der Waals surface area contributed by atoms with Gasteiger partial charge in [0.05, 0.1) is 13.2 Å². The minimum absolute atomic E-state index is 0.134. The van der Waals surface area contributed by atoms with Crippen LogP contribution in [0.1, 0.15) is 31.7 Å². The zero-order chi connectivity index (χ0) is 20.9. The third-order valence-corrected chi connectivity index (χ3v) is 5.45. The predicted molar refractivity (Wildman–Crippen MR) is 102 cm³/mol. The molecule has 7 nitrogen and oxygen atoms in total. The molecule has 2 saturated heterocycles. The molecule has 0 amide bonds. The molecule has 2 aliphatic heterocycles. The van der Waals surface area contributed by atoms with Gasteiger partial charge < -0.3 is 9.47 Å². The smallest absolute Gasteiger partial charge is 0.357 e. The Kier molecular flexibility index (Phi) is 7.10. The largest absolute Gasteiger partial charge is 0.390 e. The molecule has 29 heavy (non-hydrogen) atoms. The van der Waals surface area contributed by atoms with Gasteiger partial charge in [0.1, 0.15) is 5.82 Å². The van der Waals surface area contributed by atoms with Crippen LogP contribution in [0.2, 0.25) is 0 Å². The maximum absolute atomic E-state index is 13.4. The van der Waals surface area contributed by atoms with Crippen LogP contribution in [0.15, 0.2) is 24.3 Å². The van der Waals surface area contributed by atoms with Crippen molar-refractivity contribution in [1.29, 1.82) is 0 Å². The van der Waals surface area contributed by atoms with Crippen LogP contribution >= 0.6 is 0 Å². The quantitative estimate of drug-likeness (QED) is 0.542. The van der Waals surface area contributed by atoms with Crippen LogP contribution in [0.4, 0.5) is 4.39 Å². The maximum Gasteiger partial charge on any atom is 0.357 e. The van der Waals surface area contributed by atoms with Crippen molar-refractivity contribution in [2.75, 3.05) is 32.8 Å². The van der Waals surface area contributed by atoms with Crippen LogP contribution in [0.5, 0.6) is 0 Å². The van der Waals surface area contributed by atoms with Crippen molar-refractivity contribution < 1.29 is 28.2 Å². The molecule has 2 atom stereocenters. The molecule has 2 aliphatic rings. The number of Topliss-reactive ketones (excluding diaryl/α,β-unsaturated/α-hetero) is 1. The van der Waals surface area contributed by atoms with Gasteiger partial charge in [0, 0.05) is 32.0 Å². The number of ketones is 1. The number of carbonyl (C=O) groups is 3. The highest BCUT2D eigenvalue weighted by molar-refractivity contribution is 6.12. The Morgan fingerprint density at radius 2 is 1.97 bits per heavy atom. The maximum atomic E-state index is 13.4. The van der Waals surface area contributed by atoms with Crippen molar-refractivity contribution in [3.05, 3.63) is 35.6 Å². The predicted octanol–water partition coefficient (Wildman–Crippen LogP) is 1.45. The summed E-state index contributed by atoms with van der Waals surface area (Å²) in [5.41, 5.74) is -0.882. The first-order valence-corrected chi connectivity index (χ1v) is 10.1. The average molecular weight is 406 g/mol. The normalized spacial score (nSPS) is 25.2. The third kappa shape index (κ3) is 4.71. The van der Waals surface area contributed by atoms with Crippen molar-refractivity contribution in [1.82, 2.24) is 10.2 Å². The molecule has 3 rings (SSSR count). The summed E-state index contributed by atoms with van der Waals surface area (Å²) in [5, 5.41) is 3.05. The number of nitrogens with one attached hydrogen (secondary N) is 1. The standard InChI is InChI=1S/C21H27FN2O5/c1-2-3-4-18(25)29-20(27)21(24-9-11-28-12-10-24)19(26)16(14-23-21)13-15-5-7-17(22)8-6-15/h5-8,16,23H,2-4,9-14H2,1H3/t16?,21-/m0/s1. The molecule has 1 unspecified atom stereocenters. The van der Waals surface area contributed by atoms with E-state index in [2.05, 4.69) is 5.32 Å². The first-order valence-electron chi connectivity index (χ1n) is 10.1. The third-order valence-electron chi connectivity index (χ3n) is 5.45. The molecule has 0 spiro atoms. The lowest BCUT2D eigenvalue weighted by Gasteiger charge is -2.39. The van der Waals surface area contributed by atoms with Crippen molar-refractivity contribution in [2.24, 2.45) is 5.92 Å². The summed E-state index contributed by atoms with van der Waals surface area (Å²) in [6.45, 7) is 3.73. The van der Waals surface area contributed by atoms with Crippen LogP contribution in [-0.4, -0.2) is 61.1 Å². The molecular formula is C21H27FN2O5. The molecular weight excluding hydrogens is 379 g/mol.